The Kier molecular flexibility index (Phi) is 3.53. The van der Waals surface area contributed by atoms with Crippen molar-refractivity contribution in [2.24, 2.45) is 0 Å². The summed E-state index contributed by atoms with van der Waals surface area (Å²) in [5, 5.41) is 12.5. The molecule has 0 amide bonds. The van der Waals surface area contributed by atoms with Crippen molar-refractivity contribution < 1.29 is 4.74 Å². The van der Waals surface area contributed by atoms with Crippen LogP contribution in [0.1, 0.15) is 36.2 Å². The number of aryl methyl sites for hydroxylation is 2. The number of hydrogen-bond donors (Lipinski definition) is 1. The summed E-state index contributed by atoms with van der Waals surface area (Å²) in [6, 6.07) is 4.14. The zero-order chi connectivity index (χ0) is 13.2. The molecule has 0 unspecified atom stereocenters. The van der Waals surface area contributed by atoms with Gasteiger partial charge in [-0.1, -0.05) is 0 Å². The van der Waals surface area contributed by atoms with E-state index in [0.29, 0.717) is 5.56 Å². The molecule has 4 heteroatoms. The molecule has 1 aromatic heterocycles. The maximum Gasteiger partial charge on any atom is 0.103 e. The predicted octanol–water partition coefficient (Wildman–Crippen LogP) is 2.55. The van der Waals surface area contributed by atoms with Gasteiger partial charge in [0, 0.05) is 19.3 Å². The highest BCUT2D eigenvalue weighted by Crippen LogP contribution is 2.35. The zero-order valence-electron chi connectivity index (χ0n) is 11.2. The Morgan fingerprint density at radius 3 is 2.72 bits per heavy atom. The Labute approximate surface area is 108 Å². The van der Waals surface area contributed by atoms with Gasteiger partial charge in [-0.25, -0.2) is 0 Å². The molecule has 0 saturated heterocycles. The molecule has 0 bridgehead atoms. The monoisotopic (exact) mass is 245 g/mol. The molecule has 0 aliphatic heterocycles. The average molecular weight is 245 g/mol. The molecule has 1 saturated carbocycles. The Hall–Kier alpha value is -1.60. The molecular weight excluding hydrogens is 226 g/mol. The second-order valence-electron chi connectivity index (χ2n) is 4.98. The van der Waals surface area contributed by atoms with E-state index in [4.69, 9.17) is 4.74 Å². The first kappa shape index (κ1) is 12.8. The van der Waals surface area contributed by atoms with Gasteiger partial charge in [0.05, 0.1) is 22.5 Å². The number of methoxy groups -OCH3 is 1. The Morgan fingerprint density at radius 1 is 1.50 bits per heavy atom. The lowest BCUT2D eigenvalue weighted by Gasteiger charge is -2.40. The molecule has 1 aliphatic carbocycles. The van der Waals surface area contributed by atoms with Gasteiger partial charge in [-0.15, -0.1) is 0 Å². The van der Waals surface area contributed by atoms with Gasteiger partial charge in [-0.2, -0.15) is 5.26 Å². The molecule has 2 rings (SSSR count). The van der Waals surface area contributed by atoms with Gasteiger partial charge >= 0.3 is 0 Å². The normalized spacial score (nSPS) is 16.8. The van der Waals surface area contributed by atoms with Crippen LogP contribution in [0, 0.1) is 25.2 Å². The summed E-state index contributed by atoms with van der Waals surface area (Å²) in [5.41, 5.74) is 3.16. The van der Waals surface area contributed by atoms with Gasteiger partial charge in [-0.3, -0.25) is 4.98 Å². The number of ether oxygens (including phenoxy) is 1. The lowest BCUT2D eigenvalue weighted by molar-refractivity contribution is -0.0601. The largest absolute Gasteiger partial charge is 0.381 e. The minimum atomic E-state index is -0.0438. The summed E-state index contributed by atoms with van der Waals surface area (Å²) in [7, 11) is 1.76. The van der Waals surface area contributed by atoms with Gasteiger partial charge in [0.25, 0.3) is 0 Å². The summed E-state index contributed by atoms with van der Waals surface area (Å²) in [6.45, 7) is 4.56. The maximum absolute atomic E-state index is 9.19. The third-order valence-corrected chi connectivity index (χ3v) is 3.74. The fourth-order valence-corrected chi connectivity index (χ4v) is 2.39. The smallest absolute Gasteiger partial charge is 0.103 e. The summed E-state index contributed by atoms with van der Waals surface area (Å²) >= 11 is 0. The summed E-state index contributed by atoms with van der Waals surface area (Å²) < 4.78 is 5.57. The number of rotatable bonds is 4. The second-order valence-corrected chi connectivity index (χ2v) is 4.98. The molecule has 96 valence electrons. The number of nitrogens with zero attached hydrogens (tertiary/aromatic N) is 2. The number of nitrogens with one attached hydrogen (secondary N) is 1. The Morgan fingerprint density at radius 2 is 2.22 bits per heavy atom. The second kappa shape index (κ2) is 4.95. The van der Waals surface area contributed by atoms with E-state index in [1.54, 1.807) is 7.11 Å². The van der Waals surface area contributed by atoms with Crippen LogP contribution in [-0.4, -0.2) is 24.2 Å². The van der Waals surface area contributed by atoms with Gasteiger partial charge in [0.15, 0.2) is 0 Å². The molecule has 18 heavy (non-hydrogen) atoms. The summed E-state index contributed by atoms with van der Waals surface area (Å²) in [5.74, 6) is 0. The number of anilines is 1. The van der Waals surface area contributed by atoms with E-state index in [-0.39, 0.29) is 5.60 Å². The Bertz CT molecular complexity index is 481. The van der Waals surface area contributed by atoms with Gasteiger partial charge in [0.1, 0.15) is 6.07 Å². The quantitative estimate of drug-likeness (QED) is 0.885. The third-order valence-electron chi connectivity index (χ3n) is 3.74. The van der Waals surface area contributed by atoms with E-state index in [1.807, 2.05) is 19.9 Å². The lowest BCUT2D eigenvalue weighted by atomic mass is 9.80. The van der Waals surface area contributed by atoms with Crippen LogP contribution in [0.4, 0.5) is 5.69 Å². The number of pyridine rings is 1. The van der Waals surface area contributed by atoms with Crippen molar-refractivity contribution >= 4 is 5.69 Å². The van der Waals surface area contributed by atoms with Crippen LogP contribution in [0.5, 0.6) is 0 Å². The van der Waals surface area contributed by atoms with Gasteiger partial charge < -0.3 is 10.1 Å². The molecule has 0 atom stereocenters. The van der Waals surface area contributed by atoms with Crippen LogP contribution < -0.4 is 5.32 Å². The highest BCUT2D eigenvalue weighted by molar-refractivity contribution is 5.60. The van der Waals surface area contributed by atoms with Crippen LogP contribution in [-0.2, 0) is 4.74 Å². The van der Waals surface area contributed by atoms with Crippen LogP contribution in [0.25, 0.3) is 0 Å². The van der Waals surface area contributed by atoms with Crippen LogP contribution in [0.3, 0.4) is 0 Å². The minimum absolute atomic E-state index is 0.0438. The lowest BCUT2D eigenvalue weighted by Crippen LogP contribution is -2.45. The highest BCUT2D eigenvalue weighted by Gasteiger charge is 2.36. The van der Waals surface area contributed by atoms with Crippen LogP contribution in [0.15, 0.2) is 6.07 Å². The van der Waals surface area contributed by atoms with E-state index in [2.05, 4.69) is 16.4 Å². The average Bonchev–Trinajstić information content (AvgIpc) is 2.27. The van der Waals surface area contributed by atoms with E-state index in [9.17, 15) is 5.26 Å². The molecule has 4 nitrogen and oxygen atoms in total. The predicted molar refractivity (Wildman–Crippen MR) is 70.5 cm³/mol. The van der Waals surface area contributed by atoms with Crippen LogP contribution >= 0.6 is 0 Å². The fourth-order valence-electron chi connectivity index (χ4n) is 2.39. The van der Waals surface area contributed by atoms with Crippen LogP contribution in [0.2, 0.25) is 0 Å². The SMILES string of the molecule is COC1(CNc2cc(C)nc(C)c2C#N)CCC1. The maximum atomic E-state index is 9.19. The first-order valence-corrected chi connectivity index (χ1v) is 6.27. The molecule has 1 aromatic rings. The molecule has 0 aromatic carbocycles. The topological polar surface area (TPSA) is 57.9 Å². The number of hydrogen-bond acceptors (Lipinski definition) is 4. The number of nitriles is 1. The first-order valence-electron chi connectivity index (χ1n) is 6.27. The van der Waals surface area contributed by atoms with Crippen molar-refractivity contribution in [2.45, 2.75) is 38.7 Å². The molecule has 0 radical (unpaired) electrons. The minimum Gasteiger partial charge on any atom is -0.381 e. The van der Waals surface area contributed by atoms with Crippen molar-refractivity contribution in [1.82, 2.24) is 4.98 Å². The molecule has 1 aliphatic rings. The summed E-state index contributed by atoms with van der Waals surface area (Å²) in [6.07, 6.45) is 3.39. The molecule has 1 N–H and O–H groups in total. The van der Waals surface area contributed by atoms with Gasteiger partial charge in [0.2, 0.25) is 0 Å². The fraction of sp³-hybridized carbons (Fsp3) is 0.571. The van der Waals surface area contributed by atoms with Crippen molar-refractivity contribution in [3.05, 3.63) is 23.0 Å². The number of aromatic nitrogens is 1. The van der Waals surface area contributed by atoms with E-state index < -0.39 is 0 Å². The molecule has 0 spiro atoms. The highest BCUT2D eigenvalue weighted by atomic mass is 16.5. The molecular formula is C14H19N3O. The van der Waals surface area contributed by atoms with Crippen molar-refractivity contribution in [3.63, 3.8) is 0 Å². The molecule has 1 heterocycles. The van der Waals surface area contributed by atoms with Crippen molar-refractivity contribution in [1.29, 1.82) is 5.26 Å². The van der Waals surface area contributed by atoms with E-state index >= 15 is 0 Å². The molecule has 1 fully saturated rings. The standard InChI is InChI=1S/C14H19N3O/c1-10-7-13(12(8-15)11(2)17-10)16-9-14(18-3)5-4-6-14/h7H,4-6,9H2,1-3H3,(H,16,17). The summed E-state index contributed by atoms with van der Waals surface area (Å²) in [4.78, 5) is 4.31. The van der Waals surface area contributed by atoms with E-state index in [1.165, 1.54) is 6.42 Å². The van der Waals surface area contributed by atoms with Gasteiger partial charge in [-0.05, 0) is 39.2 Å². The van der Waals surface area contributed by atoms with Crippen molar-refractivity contribution in [3.8, 4) is 6.07 Å². The zero-order valence-corrected chi connectivity index (χ0v) is 11.2. The van der Waals surface area contributed by atoms with Crippen molar-refractivity contribution in [2.75, 3.05) is 19.0 Å². The third kappa shape index (κ3) is 2.32. The Balaban J connectivity index is 2.16. The first-order chi connectivity index (χ1) is 8.60. The van der Waals surface area contributed by atoms with E-state index in [0.717, 1.165) is 36.5 Å².